The maximum atomic E-state index is 5.84. The van der Waals surface area contributed by atoms with Crippen molar-refractivity contribution in [3.63, 3.8) is 0 Å². The lowest BCUT2D eigenvalue weighted by Crippen LogP contribution is -2.21. The molecule has 0 amide bonds. The highest BCUT2D eigenvalue weighted by Crippen LogP contribution is 2.15. The van der Waals surface area contributed by atoms with E-state index < -0.39 is 0 Å². The zero-order valence-corrected chi connectivity index (χ0v) is 11.9. The number of para-hydroxylation sites is 3. The Labute approximate surface area is 127 Å². The molecule has 0 aliphatic rings. The number of imidazole rings is 1. The van der Waals surface area contributed by atoms with E-state index in [2.05, 4.69) is 20.3 Å². The summed E-state index contributed by atoms with van der Waals surface area (Å²) in [6.07, 6.45) is 0. The number of hydrogen-bond acceptors (Lipinski definition) is 2. The first-order valence-electron chi connectivity index (χ1n) is 5.92. The molecule has 0 unspecified atom stereocenters. The van der Waals surface area contributed by atoms with E-state index in [1.54, 1.807) is 0 Å². The molecule has 0 atom stereocenters. The summed E-state index contributed by atoms with van der Waals surface area (Å²) in [6.45, 7) is 0. The van der Waals surface area contributed by atoms with Crippen molar-refractivity contribution in [2.45, 2.75) is 0 Å². The van der Waals surface area contributed by atoms with Crippen molar-refractivity contribution >= 4 is 41.0 Å². The number of guanidine groups is 1. The Morgan fingerprint density at radius 3 is 2.43 bits per heavy atom. The maximum absolute atomic E-state index is 5.84. The summed E-state index contributed by atoms with van der Waals surface area (Å²) in [5.74, 6) is 0.785. The van der Waals surface area contributed by atoms with Crippen molar-refractivity contribution in [3.05, 3.63) is 54.6 Å². The first kappa shape index (κ1) is 16.5. The van der Waals surface area contributed by atoms with Crippen LogP contribution in [0.3, 0.4) is 0 Å². The van der Waals surface area contributed by atoms with E-state index in [1.165, 1.54) is 0 Å². The molecular weight excluding hydrogens is 290 g/mol. The number of anilines is 1. The summed E-state index contributed by atoms with van der Waals surface area (Å²) in [7, 11) is 0. The monoisotopic (exact) mass is 305 g/mol. The Bertz CT molecular complexity index is 693. The Morgan fingerprint density at radius 2 is 1.71 bits per heavy atom. The van der Waals surface area contributed by atoms with Crippen LogP contribution in [0.2, 0.25) is 0 Å². The molecule has 0 radical (unpaired) electrons. The summed E-state index contributed by atoms with van der Waals surface area (Å²) < 4.78 is 0. The minimum Gasteiger partial charge on any atom is -0.412 e. The normalized spacial score (nSPS) is 10.6. The summed E-state index contributed by atoms with van der Waals surface area (Å²) in [5.41, 5.74) is 8.54. The van der Waals surface area contributed by atoms with Crippen LogP contribution >= 0.6 is 12.4 Å². The van der Waals surface area contributed by atoms with Crippen LogP contribution in [0.25, 0.3) is 11.0 Å². The molecule has 2 aromatic carbocycles. The van der Waals surface area contributed by atoms with Crippen LogP contribution in [0.5, 0.6) is 0 Å². The van der Waals surface area contributed by atoms with Crippen LogP contribution in [-0.2, 0) is 0 Å². The molecule has 0 saturated carbocycles. The standard InChI is InChI=1S/C14H13N5.ClH.H2O/c15-13(16-10-6-2-1-3-7-10)19-14-17-11-8-4-5-9-12(11)18-14;;/h1-9H,(H4,15,16,17,18,19);1H;1H2. The number of halogens is 1. The number of benzene rings is 2. The highest BCUT2D eigenvalue weighted by Gasteiger charge is 2.01. The molecule has 1 heterocycles. The Balaban J connectivity index is 0.00000110. The van der Waals surface area contributed by atoms with Gasteiger partial charge in [0.05, 0.1) is 11.0 Å². The quantitative estimate of drug-likeness (QED) is 0.498. The van der Waals surface area contributed by atoms with Crippen LogP contribution in [-0.4, -0.2) is 21.4 Å². The lowest BCUT2D eigenvalue weighted by atomic mass is 10.3. The van der Waals surface area contributed by atoms with Crippen molar-refractivity contribution in [3.8, 4) is 0 Å². The number of nitrogens with two attached hydrogens (primary N) is 1. The molecule has 21 heavy (non-hydrogen) atoms. The second-order valence-electron chi connectivity index (χ2n) is 4.07. The number of aromatic nitrogens is 2. The predicted molar refractivity (Wildman–Crippen MR) is 88.3 cm³/mol. The molecule has 6 N–H and O–H groups in total. The van der Waals surface area contributed by atoms with Crippen LogP contribution in [0, 0.1) is 0 Å². The second-order valence-corrected chi connectivity index (χ2v) is 4.07. The number of fused-ring (bicyclic) bond motifs is 1. The Morgan fingerprint density at radius 1 is 1.05 bits per heavy atom. The third kappa shape index (κ3) is 3.95. The molecule has 0 fully saturated rings. The molecule has 3 aromatic rings. The van der Waals surface area contributed by atoms with Gasteiger partial charge in [-0.3, -0.25) is 0 Å². The van der Waals surface area contributed by atoms with Crippen molar-refractivity contribution in [2.75, 3.05) is 5.32 Å². The summed E-state index contributed by atoms with van der Waals surface area (Å²) in [6, 6.07) is 17.4. The zero-order valence-electron chi connectivity index (χ0n) is 11.1. The van der Waals surface area contributed by atoms with Crippen molar-refractivity contribution in [1.82, 2.24) is 9.97 Å². The maximum Gasteiger partial charge on any atom is 0.231 e. The van der Waals surface area contributed by atoms with Crippen molar-refractivity contribution < 1.29 is 5.48 Å². The van der Waals surface area contributed by atoms with Crippen LogP contribution in [0.4, 0.5) is 11.6 Å². The topological polar surface area (TPSA) is 111 Å². The van der Waals surface area contributed by atoms with Crippen molar-refractivity contribution in [1.29, 1.82) is 0 Å². The third-order valence-electron chi connectivity index (χ3n) is 2.65. The van der Waals surface area contributed by atoms with E-state index in [1.807, 2.05) is 54.6 Å². The summed E-state index contributed by atoms with van der Waals surface area (Å²) in [5, 5.41) is 3.00. The molecule has 6 nitrogen and oxygen atoms in total. The van der Waals surface area contributed by atoms with Gasteiger partial charge in [-0.25, -0.2) is 4.98 Å². The molecular formula is C14H16ClN5O. The van der Waals surface area contributed by atoms with E-state index >= 15 is 0 Å². The van der Waals surface area contributed by atoms with Crippen LogP contribution in [0.15, 0.2) is 59.6 Å². The predicted octanol–water partition coefficient (Wildman–Crippen LogP) is 2.22. The minimum atomic E-state index is 0. The number of aromatic amines is 1. The van der Waals surface area contributed by atoms with Crippen molar-refractivity contribution in [2.24, 2.45) is 10.7 Å². The lowest BCUT2D eigenvalue weighted by molar-refractivity contribution is 0.824. The largest absolute Gasteiger partial charge is 0.412 e. The third-order valence-corrected chi connectivity index (χ3v) is 2.65. The molecule has 0 aliphatic carbocycles. The van der Waals surface area contributed by atoms with Gasteiger partial charge in [-0.2, -0.15) is 4.99 Å². The van der Waals surface area contributed by atoms with Gasteiger partial charge in [0.15, 0.2) is 0 Å². The fourth-order valence-corrected chi connectivity index (χ4v) is 1.80. The first-order chi connectivity index (χ1) is 9.31. The van der Waals surface area contributed by atoms with Crippen LogP contribution in [0.1, 0.15) is 0 Å². The average Bonchev–Trinajstić information content (AvgIpc) is 2.81. The van der Waals surface area contributed by atoms with Gasteiger partial charge in [-0.1, -0.05) is 30.3 Å². The average molecular weight is 306 g/mol. The molecule has 0 aliphatic heterocycles. The van der Waals surface area contributed by atoms with E-state index in [4.69, 9.17) is 5.73 Å². The first-order valence-corrected chi connectivity index (χ1v) is 5.92. The van der Waals surface area contributed by atoms with Gasteiger partial charge in [0, 0.05) is 5.69 Å². The van der Waals surface area contributed by atoms with E-state index in [0.717, 1.165) is 16.7 Å². The van der Waals surface area contributed by atoms with Gasteiger partial charge in [0.1, 0.15) is 0 Å². The number of hydrogen-bond donors (Lipinski definition) is 3. The Kier molecular flexibility index (Phi) is 5.71. The SMILES string of the molecule is Cl.N/C(=N/c1nc2ccccc2[nH]1)Nc1ccccc1.O. The highest BCUT2D eigenvalue weighted by atomic mass is 35.5. The van der Waals surface area contributed by atoms with Gasteiger partial charge < -0.3 is 21.5 Å². The molecule has 0 spiro atoms. The number of nitrogens with zero attached hydrogens (tertiary/aromatic N) is 2. The Hall–Kier alpha value is -2.57. The molecule has 0 saturated heterocycles. The molecule has 1 aromatic heterocycles. The molecule has 0 bridgehead atoms. The lowest BCUT2D eigenvalue weighted by Gasteiger charge is -2.03. The molecule has 7 heteroatoms. The van der Waals surface area contributed by atoms with Crippen LogP contribution < -0.4 is 11.1 Å². The summed E-state index contributed by atoms with van der Waals surface area (Å²) in [4.78, 5) is 11.6. The van der Waals surface area contributed by atoms with Gasteiger partial charge in [-0.05, 0) is 24.3 Å². The number of aliphatic imine (C=N–C) groups is 1. The number of H-pyrrole nitrogens is 1. The van der Waals surface area contributed by atoms with Gasteiger partial charge >= 0.3 is 0 Å². The zero-order chi connectivity index (χ0) is 13.1. The number of rotatable bonds is 2. The van der Waals surface area contributed by atoms with Gasteiger partial charge in [0.25, 0.3) is 0 Å². The second kappa shape index (κ2) is 7.28. The smallest absolute Gasteiger partial charge is 0.231 e. The summed E-state index contributed by atoms with van der Waals surface area (Å²) >= 11 is 0. The highest BCUT2D eigenvalue weighted by molar-refractivity contribution is 5.93. The van der Waals surface area contributed by atoms with E-state index in [-0.39, 0.29) is 17.9 Å². The van der Waals surface area contributed by atoms with E-state index in [0.29, 0.717) is 11.9 Å². The number of nitrogens with one attached hydrogen (secondary N) is 2. The molecule has 110 valence electrons. The van der Waals surface area contributed by atoms with E-state index in [9.17, 15) is 0 Å². The fraction of sp³-hybridized carbons (Fsp3) is 0. The fourth-order valence-electron chi connectivity index (χ4n) is 1.80. The van der Waals surface area contributed by atoms with Gasteiger partial charge in [-0.15, -0.1) is 12.4 Å². The minimum absolute atomic E-state index is 0. The molecule has 3 rings (SSSR count). The van der Waals surface area contributed by atoms with Gasteiger partial charge in [0.2, 0.25) is 11.9 Å².